The minimum Gasteiger partial charge on any atom is -0.478 e. The topological polar surface area (TPSA) is 50.2 Å². The van der Waals surface area contributed by atoms with E-state index in [2.05, 4.69) is 20.9 Å². The third kappa shape index (κ3) is 3.09. The van der Waals surface area contributed by atoms with Crippen molar-refractivity contribution in [1.29, 1.82) is 0 Å². The van der Waals surface area contributed by atoms with Gasteiger partial charge < -0.3 is 5.11 Å². The normalized spacial score (nSPS) is 10.7. The Morgan fingerprint density at radius 3 is 2.52 bits per heavy atom. The van der Waals surface area contributed by atoms with Crippen LogP contribution in [0.2, 0.25) is 0 Å². The molecule has 0 bridgehead atoms. The molecule has 5 heteroatoms. The van der Waals surface area contributed by atoms with Crippen molar-refractivity contribution >= 4 is 44.6 Å². The summed E-state index contributed by atoms with van der Waals surface area (Å²) in [5.41, 5.74) is 0.970. The van der Waals surface area contributed by atoms with E-state index < -0.39 is 5.97 Å². The van der Waals surface area contributed by atoms with E-state index in [-0.39, 0.29) is 5.56 Å². The molecular weight excluding hydrogens is 350 g/mol. The summed E-state index contributed by atoms with van der Waals surface area (Å²) < 4.78 is 1.03. The largest absolute Gasteiger partial charge is 0.478 e. The van der Waals surface area contributed by atoms with Gasteiger partial charge in [0.2, 0.25) is 0 Å². The van der Waals surface area contributed by atoms with Gasteiger partial charge in [0.1, 0.15) is 5.03 Å². The zero-order valence-corrected chi connectivity index (χ0v) is 13.2. The predicted molar refractivity (Wildman–Crippen MR) is 87.0 cm³/mol. The number of hydrogen-bond donors (Lipinski definition) is 1. The highest BCUT2D eigenvalue weighted by atomic mass is 79.9. The van der Waals surface area contributed by atoms with E-state index in [0.717, 1.165) is 14.4 Å². The molecule has 3 nitrogen and oxygen atoms in total. The Bertz CT molecular complexity index is 818. The lowest BCUT2D eigenvalue weighted by atomic mass is 10.1. The van der Waals surface area contributed by atoms with Crippen LogP contribution in [0.15, 0.2) is 69.0 Å². The van der Waals surface area contributed by atoms with Crippen LogP contribution < -0.4 is 0 Å². The highest BCUT2D eigenvalue weighted by Gasteiger charge is 2.09. The maximum absolute atomic E-state index is 11.2. The van der Waals surface area contributed by atoms with Crippen LogP contribution >= 0.6 is 27.7 Å². The van der Waals surface area contributed by atoms with Crippen molar-refractivity contribution in [3.05, 3.63) is 64.6 Å². The summed E-state index contributed by atoms with van der Waals surface area (Å²) in [7, 11) is 0. The molecule has 0 saturated heterocycles. The SMILES string of the molecule is O=C(O)c1cccc2nc(Sc3ccc(Br)cc3)ccc12. The Labute approximate surface area is 134 Å². The van der Waals surface area contributed by atoms with Gasteiger partial charge in [0.05, 0.1) is 11.1 Å². The molecule has 0 unspecified atom stereocenters. The van der Waals surface area contributed by atoms with Gasteiger partial charge in [0, 0.05) is 14.8 Å². The summed E-state index contributed by atoms with van der Waals surface area (Å²) in [6.45, 7) is 0. The van der Waals surface area contributed by atoms with Crippen LogP contribution in [0.3, 0.4) is 0 Å². The molecule has 21 heavy (non-hydrogen) atoms. The van der Waals surface area contributed by atoms with Gasteiger partial charge in [-0.1, -0.05) is 33.8 Å². The van der Waals surface area contributed by atoms with Crippen molar-refractivity contribution < 1.29 is 9.90 Å². The van der Waals surface area contributed by atoms with E-state index in [1.165, 1.54) is 0 Å². The third-order valence-corrected chi connectivity index (χ3v) is 4.45. The number of benzene rings is 2. The highest BCUT2D eigenvalue weighted by molar-refractivity contribution is 9.10. The fourth-order valence-corrected chi connectivity index (χ4v) is 3.06. The smallest absolute Gasteiger partial charge is 0.336 e. The van der Waals surface area contributed by atoms with E-state index >= 15 is 0 Å². The van der Waals surface area contributed by atoms with Gasteiger partial charge in [-0.2, -0.15) is 0 Å². The molecule has 0 fully saturated rings. The van der Waals surface area contributed by atoms with Gasteiger partial charge in [0.15, 0.2) is 0 Å². The average Bonchev–Trinajstić information content (AvgIpc) is 2.48. The number of nitrogens with zero attached hydrogens (tertiary/aromatic N) is 1. The van der Waals surface area contributed by atoms with E-state index in [9.17, 15) is 9.90 Å². The molecule has 1 N–H and O–H groups in total. The van der Waals surface area contributed by atoms with Crippen LogP contribution in [-0.2, 0) is 0 Å². The number of rotatable bonds is 3. The Morgan fingerprint density at radius 2 is 1.81 bits per heavy atom. The summed E-state index contributed by atoms with van der Waals surface area (Å²) >= 11 is 4.95. The lowest BCUT2D eigenvalue weighted by Crippen LogP contribution is -1.97. The first-order valence-corrected chi connectivity index (χ1v) is 7.81. The number of aromatic carboxylic acids is 1. The number of halogens is 1. The first kappa shape index (κ1) is 14.1. The molecule has 0 saturated carbocycles. The zero-order chi connectivity index (χ0) is 14.8. The first-order valence-electron chi connectivity index (χ1n) is 6.20. The maximum Gasteiger partial charge on any atom is 0.336 e. The molecule has 2 aromatic carbocycles. The second-order valence-electron chi connectivity index (χ2n) is 4.38. The fraction of sp³-hybridized carbons (Fsp3) is 0. The molecule has 104 valence electrons. The van der Waals surface area contributed by atoms with Crippen molar-refractivity contribution in [3.8, 4) is 0 Å². The summed E-state index contributed by atoms with van der Waals surface area (Å²) in [5.74, 6) is -0.935. The van der Waals surface area contributed by atoms with Crippen LogP contribution in [0.4, 0.5) is 0 Å². The number of pyridine rings is 1. The monoisotopic (exact) mass is 359 g/mol. The maximum atomic E-state index is 11.2. The average molecular weight is 360 g/mol. The van der Waals surface area contributed by atoms with Crippen LogP contribution in [0.25, 0.3) is 10.9 Å². The Hall–Kier alpha value is -1.85. The molecule has 0 atom stereocenters. The van der Waals surface area contributed by atoms with Gasteiger partial charge in [-0.3, -0.25) is 0 Å². The number of carboxylic acid groups (broad SMARTS) is 1. The lowest BCUT2D eigenvalue weighted by Gasteiger charge is -2.05. The second kappa shape index (κ2) is 5.87. The molecule has 0 amide bonds. The molecule has 0 spiro atoms. The fourth-order valence-electron chi connectivity index (χ4n) is 2.00. The molecule has 3 rings (SSSR count). The summed E-state index contributed by atoms with van der Waals surface area (Å²) in [6.07, 6.45) is 0. The molecule has 0 aliphatic rings. The summed E-state index contributed by atoms with van der Waals surface area (Å²) in [6, 6.07) is 16.8. The van der Waals surface area contributed by atoms with Gasteiger partial charge in [0.25, 0.3) is 0 Å². The van der Waals surface area contributed by atoms with E-state index in [0.29, 0.717) is 10.9 Å². The Kier molecular flexibility index (Phi) is 3.94. The van der Waals surface area contributed by atoms with Crippen LogP contribution in [-0.4, -0.2) is 16.1 Å². The summed E-state index contributed by atoms with van der Waals surface area (Å²) in [4.78, 5) is 16.8. The van der Waals surface area contributed by atoms with Crippen LogP contribution in [0, 0.1) is 0 Å². The molecule has 1 aromatic heterocycles. The second-order valence-corrected chi connectivity index (χ2v) is 6.39. The van der Waals surface area contributed by atoms with Gasteiger partial charge >= 0.3 is 5.97 Å². The quantitative estimate of drug-likeness (QED) is 0.726. The van der Waals surface area contributed by atoms with E-state index in [1.807, 2.05) is 42.5 Å². The third-order valence-electron chi connectivity index (χ3n) is 2.97. The van der Waals surface area contributed by atoms with Crippen LogP contribution in [0.1, 0.15) is 10.4 Å². The van der Waals surface area contributed by atoms with Crippen molar-refractivity contribution in [3.63, 3.8) is 0 Å². The Morgan fingerprint density at radius 1 is 1.05 bits per heavy atom. The van der Waals surface area contributed by atoms with E-state index in [4.69, 9.17) is 0 Å². The number of fused-ring (bicyclic) bond motifs is 1. The van der Waals surface area contributed by atoms with Crippen LogP contribution in [0.5, 0.6) is 0 Å². The molecular formula is C16H10BrNO2S. The van der Waals surface area contributed by atoms with Crippen molar-refractivity contribution in [1.82, 2.24) is 4.98 Å². The minimum atomic E-state index is -0.935. The molecule has 0 radical (unpaired) electrons. The number of carbonyl (C=O) groups is 1. The summed E-state index contributed by atoms with van der Waals surface area (Å²) in [5, 5.41) is 10.7. The Balaban J connectivity index is 1.98. The first-order chi connectivity index (χ1) is 10.1. The minimum absolute atomic E-state index is 0.278. The number of hydrogen-bond acceptors (Lipinski definition) is 3. The number of aromatic nitrogens is 1. The molecule has 3 aromatic rings. The predicted octanol–water partition coefficient (Wildman–Crippen LogP) is 4.85. The van der Waals surface area contributed by atoms with Gasteiger partial charge in [-0.05, 0) is 48.5 Å². The van der Waals surface area contributed by atoms with E-state index in [1.54, 1.807) is 23.9 Å². The molecule has 1 heterocycles. The van der Waals surface area contributed by atoms with Crippen molar-refractivity contribution in [2.24, 2.45) is 0 Å². The van der Waals surface area contributed by atoms with Gasteiger partial charge in [-0.15, -0.1) is 0 Å². The molecule has 0 aliphatic heterocycles. The highest BCUT2D eigenvalue weighted by Crippen LogP contribution is 2.29. The van der Waals surface area contributed by atoms with Crippen molar-refractivity contribution in [2.75, 3.05) is 0 Å². The zero-order valence-electron chi connectivity index (χ0n) is 10.8. The van der Waals surface area contributed by atoms with Gasteiger partial charge in [-0.25, -0.2) is 9.78 Å². The van der Waals surface area contributed by atoms with Crippen molar-refractivity contribution in [2.45, 2.75) is 9.92 Å². The lowest BCUT2D eigenvalue weighted by molar-refractivity contribution is 0.0699. The number of carboxylic acids is 1. The molecule has 0 aliphatic carbocycles. The standard InChI is InChI=1S/C16H10BrNO2S/c17-10-4-6-11(7-5-10)21-15-9-8-12-13(16(19)20)2-1-3-14(12)18-15/h1-9H,(H,19,20).